The molecule has 1 aliphatic rings. The summed E-state index contributed by atoms with van der Waals surface area (Å²) in [6.07, 6.45) is 5.38. The quantitative estimate of drug-likeness (QED) is 0.728. The summed E-state index contributed by atoms with van der Waals surface area (Å²) in [4.78, 5) is 2.45. The Morgan fingerprint density at radius 2 is 2.14 bits per heavy atom. The number of hydrogen-bond acceptors (Lipinski definition) is 2. The van der Waals surface area contributed by atoms with Gasteiger partial charge in [0.05, 0.1) is 0 Å². The van der Waals surface area contributed by atoms with Gasteiger partial charge in [0.25, 0.3) is 0 Å². The first-order valence-electron chi connectivity index (χ1n) is 6.18. The summed E-state index contributed by atoms with van der Waals surface area (Å²) in [6.45, 7) is 8.25. The summed E-state index contributed by atoms with van der Waals surface area (Å²) < 4.78 is 0. The van der Waals surface area contributed by atoms with Crippen LogP contribution in [0.25, 0.3) is 0 Å². The van der Waals surface area contributed by atoms with Gasteiger partial charge in [-0.1, -0.05) is 20.3 Å². The molecule has 1 rings (SSSR count). The molecule has 0 radical (unpaired) electrons. The van der Waals surface area contributed by atoms with E-state index in [1.807, 2.05) is 0 Å². The normalized spacial score (nSPS) is 28.3. The van der Waals surface area contributed by atoms with Crippen LogP contribution in [0.3, 0.4) is 0 Å². The maximum Gasteiger partial charge on any atom is 0.0197 e. The van der Waals surface area contributed by atoms with Gasteiger partial charge in [-0.3, -0.25) is 0 Å². The Labute approximate surface area is 89.1 Å². The Morgan fingerprint density at radius 1 is 1.36 bits per heavy atom. The molecular formula is C12H26N2. The van der Waals surface area contributed by atoms with Crippen LogP contribution in [0.4, 0.5) is 0 Å². The topological polar surface area (TPSA) is 15.3 Å². The molecule has 0 amide bonds. The van der Waals surface area contributed by atoms with Crippen molar-refractivity contribution in [2.45, 2.75) is 45.6 Å². The molecule has 0 saturated carbocycles. The molecule has 0 spiro atoms. The predicted octanol–water partition coefficient (Wildman–Crippen LogP) is 2.11. The summed E-state index contributed by atoms with van der Waals surface area (Å²) >= 11 is 0. The number of nitrogens with one attached hydrogen (secondary N) is 1. The van der Waals surface area contributed by atoms with Gasteiger partial charge in [0.2, 0.25) is 0 Å². The third-order valence-corrected chi connectivity index (χ3v) is 3.32. The van der Waals surface area contributed by atoms with E-state index in [1.54, 1.807) is 0 Å². The number of piperidine rings is 1. The van der Waals surface area contributed by atoms with E-state index in [1.165, 1.54) is 45.3 Å². The number of nitrogens with zero attached hydrogens (tertiary/aromatic N) is 1. The minimum atomic E-state index is 0.741. The van der Waals surface area contributed by atoms with Crippen molar-refractivity contribution in [2.24, 2.45) is 5.92 Å². The lowest BCUT2D eigenvalue weighted by molar-refractivity contribution is 0.225. The fourth-order valence-electron chi connectivity index (χ4n) is 2.45. The lowest BCUT2D eigenvalue weighted by atomic mass is 9.90. The lowest BCUT2D eigenvalue weighted by Gasteiger charge is -2.32. The molecule has 1 saturated heterocycles. The van der Waals surface area contributed by atoms with Gasteiger partial charge in [-0.15, -0.1) is 0 Å². The second kappa shape index (κ2) is 6.41. The van der Waals surface area contributed by atoms with Gasteiger partial charge in [0.1, 0.15) is 0 Å². The third kappa shape index (κ3) is 3.97. The second-order valence-corrected chi connectivity index (χ2v) is 4.71. The zero-order chi connectivity index (χ0) is 10.4. The molecule has 2 heteroatoms. The van der Waals surface area contributed by atoms with Gasteiger partial charge in [0, 0.05) is 12.6 Å². The molecule has 0 bridgehead atoms. The van der Waals surface area contributed by atoms with Crippen LogP contribution >= 0.6 is 0 Å². The van der Waals surface area contributed by atoms with E-state index in [4.69, 9.17) is 0 Å². The van der Waals surface area contributed by atoms with Gasteiger partial charge < -0.3 is 10.2 Å². The van der Waals surface area contributed by atoms with Crippen LogP contribution in [0.2, 0.25) is 0 Å². The summed E-state index contributed by atoms with van der Waals surface area (Å²) in [5.74, 6) is 0.969. The smallest absolute Gasteiger partial charge is 0.0197 e. The van der Waals surface area contributed by atoms with E-state index in [0.717, 1.165) is 12.0 Å². The summed E-state index contributed by atoms with van der Waals surface area (Å²) in [5.41, 5.74) is 0. The lowest BCUT2D eigenvalue weighted by Crippen LogP contribution is -2.45. The van der Waals surface area contributed by atoms with Gasteiger partial charge >= 0.3 is 0 Å². The first-order chi connectivity index (χ1) is 6.76. The van der Waals surface area contributed by atoms with Gasteiger partial charge in [-0.25, -0.2) is 0 Å². The van der Waals surface area contributed by atoms with Crippen molar-refractivity contribution in [3.63, 3.8) is 0 Å². The molecular weight excluding hydrogens is 172 g/mol. The largest absolute Gasteiger partial charge is 0.313 e. The highest BCUT2D eigenvalue weighted by atomic mass is 15.1. The maximum absolute atomic E-state index is 3.63. The van der Waals surface area contributed by atoms with Crippen molar-refractivity contribution in [2.75, 3.05) is 26.7 Å². The van der Waals surface area contributed by atoms with Crippen LogP contribution < -0.4 is 5.32 Å². The molecule has 1 aliphatic heterocycles. The van der Waals surface area contributed by atoms with Crippen molar-refractivity contribution < 1.29 is 0 Å². The van der Waals surface area contributed by atoms with E-state index in [9.17, 15) is 0 Å². The first kappa shape index (κ1) is 12.0. The van der Waals surface area contributed by atoms with E-state index in [-0.39, 0.29) is 0 Å². The van der Waals surface area contributed by atoms with Gasteiger partial charge in [-0.2, -0.15) is 0 Å². The average Bonchev–Trinajstić information content (AvgIpc) is 2.18. The first-order valence-corrected chi connectivity index (χ1v) is 6.18. The molecule has 0 aromatic rings. The van der Waals surface area contributed by atoms with Crippen LogP contribution in [0.1, 0.15) is 39.5 Å². The van der Waals surface area contributed by atoms with Crippen LogP contribution in [0.15, 0.2) is 0 Å². The van der Waals surface area contributed by atoms with Crippen molar-refractivity contribution in [3.05, 3.63) is 0 Å². The number of rotatable bonds is 5. The summed E-state index contributed by atoms with van der Waals surface area (Å²) in [5, 5.41) is 3.63. The fraction of sp³-hybridized carbons (Fsp3) is 1.00. The minimum Gasteiger partial charge on any atom is -0.313 e. The highest BCUT2D eigenvalue weighted by molar-refractivity contribution is 4.79. The number of likely N-dealkylation sites (N-methyl/N-ethyl adjacent to an activating group) is 1. The molecule has 1 heterocycles. The molecule has 0 aromatic carbocycles. The monoisotopic (exact) mass is 198 g/mol. The molecule has 2 atom stereocenters. The Balaban J connectivity index is 2.22. The van der Waals surface area contributed by atoms with E-state index in [0.29, 0.717) is 0 Å². The third-order valence-electron chi connectivity index (χ3n) is 3.32. The Bertz CT molecular complexity index is 147. The molecule has 2 nitrogen and oxygen atoms in total. The zero-order valence-corrected chi connectivity index (χ0v) is 10.1. The van der Waals surface area contributed by atoms with Gasteiger partial charge in [-0.05, 0) is 45.3 Å². The summed E-state index contributed by atoms with van der Waals surface area (Å²) in [6, 6.07) is 0.741. The van der Waals surface area contributed by atoms with Crippen molar-refractivity contribution in [1.82, 2.24) is 10.2 Å². The molecule has 84 valence electrons. The Morgan fingerprint density at radius 3 is 2.79 bits per heavy atom. The summed E-state index contributed by atoms with van der Waals surface area (Å²) in [7, 11) is 2.24. The second-order valence-electron chi connectivity index (χ2n) is 4.71. The maximum atomic E-state index is 3.63. The van der Waals surface area contributed by atoms with Crippen LogP contribution in [0, 0.1) is 5.92 Å². The molecule has 14 heavy (non-hydrogen) atoms. The molecule has 2 unspecified atom stereocenters. The molecule has 1 N–H and O–H groups in total. The van der Waals surface area contributed by atoms with Crippen molar-refractivity contribution in [3.8, 4) is 0 Å². The fourth-order valence-corrected chi connectivity index (χ4v) is 2.45. The van der Waals surface area contributed by atoms with Gasteiger partial charge in [0.15, 0.2) is 0 Å². The standard InChI is InChI=1S/C12H26N2/c1-4-8-14(3)10-12-9-11(5-2)6-7-13-12/h11-13H,4-10H2,1-3H3. The van der Waals surface area contributed by atoms with Crippen LogP contribution in [-0.2, 0) is 0 Å². The van der Waals surface area contributed by atoms with E-state index >= 15 is 0 Å². The van der Waals surface area contributed by atoms with Crippen molar-refractivity contribution >= 4 is 0 Å². The minimum absolute atomic E-state index is 0.741. The number of hydrogen-bond donors (Lipinski definition) is 1. The average molecular weight is 198 g/mol. The molecule has 0 aromatic heterocycles. The zero-order valence-electron chi connectivity index (χ0n) is 10.1. The molecule has 1 fully saturated rings. The van der Waals surface area contributed by atoms with Crippen LogP contribution in [0.5, 0.6) is 0 Å². The predicted molar refractivity (Wildman–Crippen MR) is 62.6 cm³/mol. The van der Waals surface area contributed by atoms with E-state index in [2.05, 4.69) is 31.1 Å². The van der Waals surface area contributed by atoms with Crippen LogP contribution in [-0.4, -0.2) is 37.6 Å². The highest BCUT2D eigenvalue weighted by Gasteiger charge is 2.20. The SMILES string of the molecule is CCCN(C)CC1CC(CC)CCN1. The Kier molecular flexibility index (Phi) is 5.49. The van der Waals surface area contributed by atoms with E-state index < -0.39 is 0 Å². The molecule has 0 aliphatic carbocycles. The van der Waals surface area contributed by atoms with Crippen molar-refractivity contribution in [1.29, 1.82) is 0 Å². The Hall–Kier alpha value is -0.0800. The highest BCUT2D eigenvalue weighted by Crippen LogP contribution is 2.19.